The second-order valence-corrected chi connectivity index (χ2v) is 3.31. The van der Waals surface area contributed by atoms with Gasteiger partial charge in [-0.1, -0.05) is 23.7 Å². The number of rotatable bonds is 3. The first-order valence-electron chi connectivity index (χ1n) is 3.89. The van der Waals surface area contributed by atoms with E-state index >= 15 is 0 Å². The average molecular weight is 216 g/mol. The van der Waals surface area contributed by atoms with E-state index in [2.05, 4.69) is 17.9 Å². The van der Waals surface area contributed by atoms with Crippen LogP contribution in [0.25, 0.3) is 0 Å². The molecule has 2 nitrogen and oxygen atoms in total. The number of nitrogens with one attached hydrogen (secondary N) is 1. The van der Waals surface area contributed by atoms with Crippen LogP contribution in [-0.2, 0) is 0 Å². The predicted molar refractivity (Wildman–Crippen MR) is 57.6 cm³/mol. The molecule has 0 aromatic heterocycles. The summed E-state index contributed by atoms with van der Waals surface area (Å²) >= 11 is 9.80. The largest absolute Gasteiger partial charge is 0.351 e. The first-order chi connectivity index (χ1) is 6.25. The van der Waals surface area contributed by atoms with Gasteiger partial charge in [0.1, 0.15) is 0 Å². The molecule has 1 aromatic carbocycles. The van der Waals surface area contributed by atoms with Gasteiger partial charge in [0.05, 0.1) is 10.6 Å². The van der Waals surface area contributed by atoms with Crippen molar-refractivity contribution in [2.24, 2.45) is 0 Å². The Bertz CT molecular complexity index is 303. The molecule has 0 saturated heterocycles. The monoisotopic (exact) mass is 215 g/mol. The number of carbonyl (C=O) groups excluding carboxylic acids is 1. The lowest BCUT2D eigenvalue weighted by Gasteiger charge is -2.04. The molecule has 1 N–H and O–H groups in total. The Hall–Kier alpha value is -0.670. The van der Waals surface area contributed by atoms with Gasteiger partial charge in [-0.3, -0.25) is 4.79 Å². The molecule has 0 aliphatic carbocycles. The van der Waals surface area contributed by atoms with E-state index in [-0.39, 0.29) is 5.91 Å². The topological polar surface area (TPSA) is 29.1 Å². The normalized spacial score (nSPS) is 9.69. The van der Waals surface area contributed by atoms with Crippen LogP contribution in [0.5, 0.6) is 0 Å². The molecule has 0 fully saturated rings. The first kappa shape index (κ1) is 10.4. The van der Waals surface area contributed by atoms with E-state index in [1.54, 1.807) is 24.3 Å². The fraction of sp³-hybridized carbons (Fsp3) is 0.222. The molecule has 0 saturated carbocycles. The summed E-state index contributed by atoms with van der Waals surface area (Å²) < 4.78 is 0. The maximum absolute atomic E-state index is 11.4. The number of thiol groups is 1. The van der Waals surface area contributed by atoms with Crippen LogP contribution in [0.3, 0.4) is 0 Å². The maximum atomic E-state index is 11.4. The van der Waals surface area contributed by atoms with Gasteiger partial charge < -0.3 is 5.32 Å². The maximum Gasteiger partial charge on any atom is 0.252 e. The van der Waals surface area contributed by atoms with E-state index in [9.17, 15) is 4.79 Å². The number of carbonyl (C=O) groups is 1. The van der Waals surface area contributed by atoms with Crippen LogP contribution in [0.1, 0.15) is 10.4 Å². The predicted octanol–water partition coefficient (Wildman–Crippen LogP) is 2.00. The lowest BCUT2D eigenvalue weighted by atomic mass is 10.2. The summed E-state index contributed by atoms with van der Waals surface area (Å²) in [6.07, 6.45) is 0. The average Bonchev–Trinajstić information content (AvgIpc) is 2.15. The van der Waals surface area contributed by atoms with Crippen molar-refractivity contribution < 1.29 is 4.79 Å². The molecule has 0 radical (unpaired) electrons. The zero-order valence-electron chi connectivity index (χ0n) is 6.96. The SMILES string of the molecule is O=C(NCCS)c1ccccc1Cl. The number of hydrogen-bond donors (Lipinski definition) is 2. The quantitative estimate of drug-likeness (QED) is 0.743. The van der Waals surface area contributed by atoms with Crippen LogP contribution in [0, 0.1) is 0 Å². The molecule has 0 heterocycles. The van der Waals surface area contributed by atoms with Crippen LogP contribution in [0.2, 0.25) is 5.02 Å². The second-order valence-electron chi connectivity index (χ2n) is 2.46. The standard InChI is InChI=1S/C9H10ClNOS/c10-8-4-2-1-3-7(8)9(12)11-5-6-13/h1-4,13H,5-6H2,(H,11,12). The third kappa shape index (κ3) is 2.94. The van der Waals surface area contributed by atoms with Crippen molar-refractivity contribution in [2.45, 2.75) is 0 Å². The summed E-state index contributed by atoms with van der Waals surface area (Å²) in [5, 5.41) is 3.16. The highest BCUT2D eigenvalue weighted by atomic mass is 35.5. The van der Waals surface area contributed by atoms with Crippen molar-refractivity contribution in [3.8, 4) is 0 Å². The zero-order valence-corrected chi connectivity index (χ0v) is 8.61. The van der Waals surface area contributed by atoms with Crippen molar-refractivity contribution in [3.63, 3.8) is 0 Å². The molecule has 1 aromatic rings. The van der Waals surface area contributed by atoms with Gasteiger partial charge in [0.15, 0.2) is 0 Å². The third-order valence-electron chi connectivity index (χ3n) is 1.52. The fourth-order valence-electron chi connectivity index (χ4n) is 0.910. The van der Waals surface area contributed by atoms with Gasteiger partial charge in [0, 0.05) is 12.3 Å². The smallest absolute Gasteiger partial charge is 0.252 e. The molecule has 0 aliphatic heterocycles. The molecule has 0 atom stereocenters. The van der Waals surface area contributed by atoms with Crippen molar-refractivity contribution in [1.82, 2.24) is 5.32 Å². The van der Waals surface area contributed by atoms with E-state index in [0.717, 1.165) is 0 Å². The van der Waals surface area contributed by atoms with Gasteiger partial charge in [-0.25, -0.2) is 0 Å². The highest BCUT2D eigenvalue weighted by Gasteiger charge is 2.07. The highest BCUT2D eigenvalue weighted by molar-refractivity contribution is 7.80. The van der Waals surface area contributed by atoms with Crippen molar-refractivity contribution in [3.05, 3.63) is 34.9 Å². The Kier molecular flexibility index (Phi) is 4.12. The van der Waals surface area contributed by atoms with Crippen molar-refractivity contribution in [2.75, 3.05) is 12.3 Å². The number of amides is 1. The Balaban J connectivity index is 2.71. The summed E-state index contributed by atoms with van der Waals surface area (Å²) in [5.41, 5.74) is 0.506. The summed E-state index contributed by atoms with van der Waals surface area (Å²) in [7, 11) is 0. The Labute approximate surface area is 87.7 Å². The fourth-order valence-corrected chi connectivity index (χ4v) is 1.24. The van der Waals surface area contributed by atoms with Crippen LogP contribution < -0.4 is 5.32 Å². The highest BCUT2D eigenvalue weighted by Crippen LogP contribution is 2.14. The summed E-state index contributed by atoms with van der Waals surface area (Å²) in [5.74, 6) is 0.468. The molecule has 1 amide bonds. The first-order valence-corrected chi connectivity index (χ1v) is 4.90. The molecule has 0 spiro atoms. The molecule has 0 unspecified atom stereocenters. The van der Waals surface area contributed by atoms with Crippen LogP contribution in [0.4, 0.5) is 0 Å². The molecule has 0 bridgehead atoms. The van der Waals surface area contributed by atoms with Gasteiger partial charge in [-0.15, -0.1) is 0 Å². The summed E-state index contributed by atoms with van der Waals surface area (Å²) in [6.45, 7) is 0.549. The van der Waals surface area contributed by atoms with E-state index in [1.165, 1.54) is 0 Å². The number of benzene rings is 1. The van der Waals surface area contributed by atoms with Gasteiger partial charge in [0.2, 0.25) is 0 Å². The second kappa shape index (κ2) is 5.14. The number of halogens is 1. The lowest BCUT2D eigenvalue weighted by molar-refractivity contribution is 0.0956. The van der Waals surface area contributed by atoms with E-state index < -0.39 is 0 Å². The van der Waals surface area contributed by atoms with Gasteiger partial charge >= 0.3 is 0 Å². The van der Waals surface area contributed by atoms with Crippen molar-refractivity contribution >= 4 is 30.1 Å². The lowest BCUT2D eigenvalue weighted by Crippen LogP contribution is -2.25. The Morgan fingerprint density at radius 2 is 2.15 bits per heavy atom. The molecule has 13 heavy (non-hydrogen) atoms. The minimum atomic E-state index is -0.153. The van der Waals surface area contributed by atoms with Crippen LogP contribution in [0.15, 0.2) is 24.3 Å². The minimum Gasteiger partial charge on any atom is -0.351 e. The molecular weight excluding hydrogens is 206 g/mol. The molecule has 1 rings (SSSR count). The van der Waals surface area contributed by atoms with E-state index in [4.69, 9.17) is 11.6 Å². The van der Waals surface area contributed by atoms with Gasteiger partial charge in [0.25, 0.3) is 5.91 Å². The number of hydrogen-bond acceptors (Lipinski definition) is 2. The molecule has 70 valence electrons. The summed E-state index contributed by atoms with van der Waals surface area (Å²) in [4.78, 5) is 11.4. The Morgan fingerprint density at radius 3 is 2.77 bits per heavy atom. The molecule has 4 heteroatoms. The minimum absolute atomic E-state index is 0.153. The Morgan fingerprint density at radius 1 is 1.46 bits per heavy atom. The van der Waals surface area contributed by atoms with E-state index in [0.29, 0.717) is 22.9 Å². The summed E-state index contributed by atoms with van der Waals surface area (Å²) in [6, 6.07) is 6.95. The van der Waals surface area contributed by atoms with Crippen LogP contribution >= 0.6 is 24.2 Å². The van der Waals surface area contributed by atoms with Crippen LogP contribution in [-0.4, -0.2) is 18.2 Å². The van der Waals surface area contributed by atoms with Gasteiger partial charge in [-0.05, 0) is 12.1 Å². The van der Waals surface area contributed by atoms with Crippen molar-refractivity contribution in [1.29, 1.82) is 0 Å². The molecular formula is C9H10ClNOS. The molecule has 0 aliphatic rings. The third-order valence-corrected chi connectivity index (χ3v) is 2.07. The zero-order chi connectivity index (χ0) is 9.68. The van der Waals surface area contributed by atoms with E-state index in [1.807, 2.05) is 0 Å². The van der Waals surface area contributed by atoms with Gasteiger partial charge in [-0.2, -0.15) is 12.6 Å².